The smallest absolute Gasteiger partial charge is 0.257 e. The third kappa shape index (κ3) is 5.35. The van der Waals surface area contributed by atoms with Crippen molar-refractivity contribution in [2.45, 2.75) is 19.8 Å². The number of nitrogens with one attached hydrogen (secondary N) is 3. The summed E-state index contributed by atoms with van der Waals surface area (Å²) < 4.78 is 0. The van der Waals surface area contributed by atoms with Crippen LogP contribution >= 0.6 is 12.2 Å². The molecule has 5 nitrogen and oxygen atoms in total. The number of rotatable bonds is 5. The Morgan fingerprint density at radius 2 is 1.55 bits per heavy atom. The first kappa shape index (κ1) is 20.8. The molecule has 3 aromatic rings. The number of hydrogen-bond acceptors (Lipinski definition) is 3. The van der Waals surface area contributed by atoms with Crippen LogP contribution in [-0.2, 0) is 4.79 Å². The molecule has 0 saturated heterocycles. The summed E-state index contributed by atoms with van der Waals surface area (Å²) >= 11 is 5.30. The third-order valence-corrected chi connectivity index (χ3v) is 5.39. The molecule has 0 aromatic heterocycles. The van der Waals surface area contributed by atoms with Gasteiger partial charge in [-0.1, -0.05) is 48.5 Å². The van der Waals surface area contributed by atoms with Crippen molar-refractivity contribution in [1.29, 1.82) is 0 Å². The van der Waals surface area contributed by atoms with Gasteiger partial charge in [0, 0.05) is 22.9 Å². The molecule has 0 heterocycles. The van der Waals surface area contributed by atoms with E-state index >= 15 is 0 Å². The van der Waals surface area contributed by atoms with E-state index < -0.39 is 0 Å². The largest absolute Gasteiger partial charge is 0.332 e. The average Bonchev–Trinajstić information content (AvgIpc) is 3.62. The van der Waals surface area contributed by atoms with Crippen molar-refractivity contribution in [1.82, 2.24) is 5.32 Å². The molecule has 0 radical (unpaired) electrons. The molecule has 4 rings (SSSR count). The predicted octanol–water partition coefficient (Wildman–Crippen LogP) is 5.14. The zero-order valence-electron chi connectivity index (χ0n) is 17.1. The van der Waals surface area contributed by atoms with Gasteiger partial charge < -0.3 is 10.6 Å². The molecule has 31 heavy (non-hydrogen) atoms. The van der Waals surface area contributed by atoms with Gasteiger partial charge in [-0.15, -0.1) is 0 Å². The minimum absolute atomic E-state index is 0.0510. The van der Waals surface area contributed by atoms with Crippen LogP contribution in [0.1, 0.15) is 28.8 Å². The van der Waals surface area contributed by atoms with Gasteiger partial charge in [0.2, 0.25) is 5.91 Å². The summed E-state index contributed by atoms with van der Waals surface area (Å²) in [5, 5.41) is 8.87. The van der Waals surface area contributed by atoms with Gasteiger partial charge in [-0.25, -0.2) is 0 Å². The Labute approximate surface area is 186 Å². The van der Waals surface area contributed by atoms with E-state index in [0.29, 0.717) is 11.3 Å². The summed E-state index contributed by atoms with van der Waals surface area (Å²) in [5.41, 5.74) is 5.06. The zero-order valence-corrected chi connectivity index (χ0v) is 18.0. The Kier molecular flexibility index (Phi) is 6.09. The van der Waals surface area contributed by atoms with E-state index in [9.17, 15) is 9.59 Å². The Morgan fingerprint density at radius 1 is 0.871 bits per heavy atom. The van der Waals surface area contributed by atoms with E-state index in [1.54, 1.807) is 12.1 Å². The molecule has 0 unspecified atom stereocenters. The van der Waals surface area contributed by atoms with Crippen molar-refractivity contribution in [2.24, 2.45) is 5.92 Å². The molecule has 3 N–H and O–H groups in total. The maximum absolute atomic E-state index is 12.5. The lowest BCUT2D eigenvalue weighted by Crippen LogP contribution is -2.34. The minimum Gasteiger partial charge on any atom is -0.332 e. The normalized spacial score (nSPS) is 12.7. The zero-order chi connectivity index (χ0) is 21.8. The first-order chi connectivity index (χ1) is 15.0. The van der Waals surface area contributed by atoms with Crippen LogP contribution in [0.25, 0.3) is 11.1 Å². The molecule has 0 bridgehead atoms. The van der Waals surface area contributed by atoms with Gasteiger partial charge >= 0.3 is 0 Å². The Morgan fingerprint density at radius 3 is 2.23 bits per heavy atom. The number of aryl methyl sites for hydroxylation is 1. The quantitative estimate of drug-likeness (QED) is 0.491. The van der Waals surface area contributed by atoms with Crippen LogP contribution in [0.4, 0.5) is 11.4 Å². The third-order valence-electron chi connectivity index (χ3n) is 5.18. The van der Waals surface area contributed by atoms with Gasteiger partial charge in [-0.2, -0.15) is 0 Å². The number of anilines is 2. The van der Waals surface area contributed by atoms with Crippen molar-refractivity contribution < 1.29 is 9.59 Å². The molecule has 2 amide bonds. The molecule has 0 spiro atoms. The molecule has 1 fully saturated rings. The molecule has 156 valence electrons. The lowest BCUT2D eigenvalue weighted by Gasteiger charge is -2.13. The number of thiocarbonyl (C=S) groups is 1. The fourth-order valence-corrected chi connectivity index (χ4v) is 3.41. The average molecular weight is 430 g/mol. The molecule has 1 aliphatic rings. The van der Waals surface area contributed by atoms with Crippen molar-refractivity contribution in [3.05, 3.63) is 83.9 Å². The molecule has 0 aliphatic heterocycles. The summed E-state index contributed by atoms with van der Waals surface area (Å²) in [6.07, 6.45) is 1.90. The van der Waals surface area contributed by atoms with E-state index in [1.165, 1.54) is 0 Å². The van der Waals surface area contributed by atoms with Crippen LogP contribution in [0.5, 0.6) is 0 Å². The van der Waals surface area contributed by atoms with Gasteiger partial charge in [0.1, 0.15) is 0 Å². The Balaban J connectivity index is 1.37. The summed E-state index contributed by atoms with van der Waals surface area (Å²) in [7, 11) is 0. The lowest BCUT2D eigenvalue weighted by molar-refractivity contribution is -0.117. The summed E-state index contributed by atoms with van der Waals surface area (Å²) in [6, 6.07) is 22.9. The standard InChI is InChI=1S/C25H23N3O2S/c1-16-7-14-21(15-22(16)27-23(29)19-12-13-19)26-25(31)28-24(30)20-10-8-18(9-11-20)17-5-3-2-4-6-17/h2-11,14-15,19H,12-13H2,1H3,(H,27,29)(H2,26,28,30,31). The monoisotopic (exact) mass is 429 g/mol. The second kappa shape index (κ2) is 9.10. The Bertz CT molecular complexity index is 1120. The minimum atomic E-state index is -0.286. The molecule has 1 saturated carbocycles. The SMILES string of the molecule is Cc1ccc(NC(=S)NC(=O)c2ccc(-c3ccccc3)cc2)cc1NC(=O)C1CC1. The van der Waals surface area contributed by atoms with E-state index in [2.05, 4.69) is 16.0 Å². The highest BCUT2D eigenvalue weighted by Crippen LogP contribution is 2.31. The van der Waals surface area contributed by atoms with Gasteiger partial charge in [-0.3, -0.25) is 14.9 Å². The lowest BCUT2D eigenvalue weighted by atomic mass is 10.0. The second-order valence-corrected chi connectivity index (χ2v) is 8.05. The van der Waals surface area contributed by atoms with Crippen LogP contribution in [0.15, 0.2) is 72.8 Å². The maximum atomic E-state index is 12.5. The van der Waals surface area contributed by atoms with E-state index in [0.717, 1.165) is 35.2 Å². The summed E-state index contributed by atoms with van der Waals surface area (Å²) in [6.45, 7) is 1.94. The van der Waals surface area contributed by atoms with Crippen LogP contribution < -0.4 is 16.0 Å². The number of hydrogen-bond donors (Lipinski definition) is 3. The molecular formula is C25H23N3O2S. The fourth-order valence-electron chi connectivity index (χ4n) is 3.20. The van der Waals surface area contributed by atoms with Gasteiger partial charge in [0.25, 0.3) is 5.91 Å². The number of amides is 2. The van der Waals surface area contributed by atoms with Gasteiger partial charge in [-0.05, 0) is 72.9 Å². The van der Waals surface area contributed by atoms with Crippen molar-refractivity contribution in [3.8, 4) is 11.1 Å². The number of benzene rings is 3. The number of carbonyl (C=O) groups is 2. The van der Waals surface area contributed by atoms with E-state index in [1.807, 2.05) is 67.6 Å². The van der Waals surface area contributed by atoms with Gasteiger partial charge in [0.05, 0.1) is 0 Å². The molecular weight excluding hydrogens is 406 g/mol. The van der Waals surface area contributed by atoms with Crippen molar-refractivity contribution >= 4 is 40.5 Å². The first-order valence-electron chi connectivity index (χ1n) is 10.2. The van der Waals surface area contributed by atoms with Crippen LogP contribution in [0.3, 0.4) is 0 Å². The highest BCUT2D eigenvalue weighted by atomic mass is 32.1. The fraction of sp³-hybridized carbons (Fsp3) is 0.160. The first-order valence-corrected chi connectivity index (χ1v) is 10.6. The summed E-state index contributed by atoms with van der Waals surface area (Å²) in [4.78, 5) is 24.6. The van der Waals surface area contributed by atoms with Crippen LogP contribution in [-0.4, -0.2) is 16.9 Å². The molecule has 0 atom stereocenters. The van der Waals surface area contributed by atoms with Gasteiger partial charge in [0.15, 0.2) is 5.11 Å². The van der Waals surface area contributed by atoms with Crippen LogP contribution in [0, 0.1) is 12.8 Å². The predicted molar refractivity (Wildman–Crippen MR) is 128 cm³/mol. The van der Waals surface area contributed by atoms with Crippen molar-refractivity contribution in [3.63, 3.8) is 0 Å². The Hall–Kier alpha value is -3.51. The molecule has 1 aliphatic carbocycles. The maximum Gasteiger partial charge on any atom is 0.257 e. The number of carbonyl (C=O) groups excluding carboxylic acids is 2. The van der Waals surface area contributed by atoms with Crippen LogP contribution in [0.2, 0.25) is 0 Å². The highest BCUT2D eigenvalue weighted by Gasteiger charge is 2.29. The topological polar surface area (TPSA) is 70.2 Å². The second-order valence-electron chi connectivity index (χ2n) is 7.64. The van der Waals surface area contributed by atoms with Crippen molar-refractivity contribution in [2.75, 3.05) is 10.6 Å². The van der Waals surface area contributed by atoms with E-state index in [4.69, 9.17) is 12.2 Å². The molecule has 6 heteroatoms. The summed E-state index contributed by atoms with van der Waals surface area (Å²) in [5.74, 6) is -0.105. The van der Waals surface area contributed by atoms with E-state index in [-0.39, 0.29) is 22.8 Å². The highest BCUT2D eigenvalue weighted by molar-refractivity contribution is 7.80. The molecule has 3 aromatic carbocycles.